The van der Waals surface area contributed by atoms with Crippen LogP contribution in [0.25, 0.3) is 0 Å². The van der Waals surface area contributed by atoms with Crippen LogP contribution >= 0.6 is 0 Å². The molecule has 0 aliphatic carbocycles. The van der Waals surface area contributed by atoms with Crippen LogP contribution in [0.5, 0.6) is 5.75 Å². The summed E-state index contributed by atoms with van der Waals surface area (Å²) in [5.41, 5.74) is 2.51. The Kier molecular flexibility index (Phi) is 5.73. The van der Waals surface area contributed by atoms with Gasteiger partial charge in [0.05, 0.1) is 0 Å². The zero-order chi connectivity index (χ0) is 17.7. The summed E-state index contributed by atoms with van der Waals surface area (Å²) in [7, 11) is 5.63. The fourth-order valence-corrected chi connectivity index (χ4v) is 2.24. The van der Waals surface area contributed by atoms with Crippen molar-refractivity contribution in [2.45, 2.75) is 13.2 Å². The minimum atomic E-state index is -2.88. The molecule has 2 aromatic rings. The maximum Gasteiger partial charge on any atom is 0.387 e. The summed E-state index contributed by atoms with van der Waals surface area (Å²) in [6.45, 7) is -2.42. The van der Waals surface area contributed by atoms with Gasteiger partial charge in [0.1, 0.15) is 5.75 Å². The first-order valence-corrected chi connectivity index (χ1v) is 7.43. The Bertz CT molecular complexity index is 670. The fourth-order valence-electron chi connectivity index (χ4n) is 2.24. The van der Waals surface area contributed by atoms with Crippen LogP contribution in [0.15, 0.2) is 48.5 Å². The lowest BCUT2D eigenvalue weighted by Crippen LogP contribution is -2.26. The molecule has 4 nitrogen and oxygen atoms in total. The highest BCUT2D eigenvalue weighted by molar-refractivity contribution is 5.94. The topological polar surface area (TPSA) is 32.8 Å². The van der Waals surface area contributed by atoms with Gasteiger partial charge in [0.2, 0.25) is 0 Å². The van der Waals surface area contributed by atoms with Crippen molar-refractivity contribution in [2.75, 3.05) is 26.0 Å². The van der Waals surface area contributed by atoms with Crippen molar-refractivity contribution >= 4 is 11.6 Å². The van der Waals surface area contributed by atoms with Crippen molar-refractivity contribution < 1.29 is 18.3 Å². The van der Waals surface area contributed by atoms with Gasteiger partial charge in [-0.15, -0.1) is 0 Å². The number of carbonyl (C=O) groups excluding carboxylic acids is 1. The van der Waals surface area contributed by atoms with E-state index in [0.29, 0.717) is 12.1 Å². The fraction of sp³-hybridized carbons (Fsp3) is 0.278. The third-order valence-electron chi connectivity index (χ3n) is 3.55. The van der Waals surface area contributed by atoms with Gasteiger partial charge in [-0.25, -0.2) is 0 Å². The zero-order valence-electron chi connectivity index (χ0n) is 13.9. The molecule has 0 aliphatic rings. The number of halogens is 2. The molecule has 2 aromatic carbocycles. The molecule has 0 radical (unpaired) electrons. The van der Waals surface area contributed by atoms with E-state index in [4.69, 9.17) is 0 Å². The van der Waals surface area contributed by atoms with Gasteiger partial charge in [0.15, 0.2) is 0 Å². The number of nitrogens with zero attached hydrogens (tertiary/aromatic N) is 2. The smallest absolute Gasteiger partial charge is 0.387 e. The molecule has 128 valence electrons. The Morgan fingerprint density at radius 1 is 1.00 bits per heavy atom. The molecule has 24 heavy (non-hydrogen) atoms. The van der Waals surface area contributed by atoms with E-state index in [0.717, 1.165) is 11.3 Å². The summed E-state index contributed by atoms with van der Waals surface area (Å²) < 4.78 is 28.5. The molecular weight excluding hydrogens is 314 g/mol. The van der Waals surface area contributed by atoms with Crippen LogP contribution < -0.4 is 9.64 Å². The molecule has 0 fully saturated rings. The van der Waals surface area contributed by atoms with Crippen molar-refractivity contribution in [3.8, 4) is 5.75 Å². The van der Waals surface area contributed by atoms with Gasteiger partial charge in [-0.2, -0.15) is 8.78 Å². The SMILES string of the molecule is CN(Cc1ccc(N(C)C)cc1)C(=O)c1ccc(OC(F)F)cc1. The second-order valence-corrected chi connectivity index (χ2v) is 5.62. The van der Waals surface area contributed by atoms with Gasteiger partial charge in [-0.1, -0.05) is 12.1 Å². The highest BCUT2D eigenvalue weighted by Gasteiger charge is 2.13. The van der Waals surface area contributed by atoms with Crippen molar-refractivity contribution in [3.63, 3.8) is 0 Å². The van der Waals surface area contributed by atoms with Gasteiger partial charge in [0, 0.05) is 38.9 Å². The summed E-state index contributed by atoms with van der Waals surface area (Å²) >= 11 is 0. The van der Waals surface area contributed by atoms with E-state index in [1.807, 2.05) is 43.3 Å². The Morgan fingerprint density at radius 3 is 2.08 bits per heavy atom. The summed E-state index contributed by atoms with van der Waals surface area (Å²) in [5.74, 6) is -0.154. The molecule has 0 aromatic heterocycles. The maximum atomic E-state index is 12.4. The largest absolute Gasteiger partial charge is 0.435 e. The summed E-state index contributed by atoms with van der Waals surface area (Å²) in [4.78, 5) is 16.0. The Labute approximate surface area is 140 Å². The van der Waals surface area contributed by atoms with Crippen molar-refractivity contribution in [1.82, 2.24) is 4.90 Å². The second-order valence-electron chi connectivity index (χ2n) is 5.62. The molecule has 0 spiro atoms. The number of ether oxygens (including phenoxy) is 1. The molecule has 1 amide bonds. The predicted molar refractivity (Wildman–Crippen MR) is 89.6 cm³/mol. The molecule has 0 saturated carbocycles. The van der Waals surface area contributed by atoms with E-state index in [9.17, 15) is 13.6 Å². The number of hydrogen-bond donors (Lipinski definition) is 0. The van der Waals surface area contributed by atoms with E-state index < -0.39 is 6.61 Å². The lowest BCUT2D eigenvalue weighted by atomic mass is 10.1. The third kappa shape index (κ3) is 4.68. The molecule has 6 heteroatoms. The molecular formula is C18H20F2N2O2. The standard InChI is InChI=1S/C18H20F2N2O2/c1-21(2)15-8-4-13(5-9-15)12-22(3)17(23)14-6-10-16(11-7-14)24-18(19)20/h4-11,18H,12H2,1-3H3. The van der Waals surface area contributed by atoms with Crippen LogP contribution in [0.2, 0.25) is 0 Å². The first kappa shape index (κ1) is 17.7. The van der Waals surface area contributed by atoms with Gasteiger partial charge < -0.3 is 14.5 Å². The van der Waals surface area contributed by atoms with Crippen LogP contribution in [0.4, 0.5) is 14.5 Å². The first-order chi connectivity index (χ1) is 11.4. The van der Waals surface area contributed by atoms with Crippen LogP contribution in [-0.4, -0.2) is 38.6 Å². The summed E-state index contributed by atoms with van der Waals surface area (Å²) in [6, 6.07) is 13.6. The highest BCUT2D eigenvalue weighted by Crippen LogP contribution is 2.17. The number of anilines is 1. The van der Waals surface area contributed by atoms with Crippen LogP contribution in [0, 0.1) is 0 Å². The average Bonchev–Trinajstić information content (AvgIpc) is 2.54. The van der Waals surface area contributed by atoms with E-state index in [1.165, 1.54) is 24.3 Å². The molecule has 0 unspecified atom stereocenters. The molecule has 0 bridgehead atoms. The Balaban J connectivity index is 2.01. The van der Waals surface area contributed by atoms with E-state index in [2.05, 4.69) is 4.74 Å². The number of benzene rings is 2. The highest BCUT2D eigenvalue weighted by atomic mass is 19.3. The third-order valence-corrected chi connectivity index (χ3v) is 3.55. The molecule has 0 N–H and O–H groups in total. The van der Waals surface area contributed by atoms with E-state index >= 15 is 0 Å². The molecule has 2 rings (SSSR count). The second kappa shape index (κ2) is 7.77. The minimum absolute atomic E-state index is 0.0310. The average molecular weight is 334 g/mol. The summed E-state index contributed by atoms with van der Waals surface area (Å²) in [5, 5.41) is 0. The number of alkyl halides is 2. The summed E-state index contributed by atoms with van der Waals surface area (Å²) in [6.07, 6.45) is 0. The number of rotatable bonds is 6. The van der Waals surface area contributed by atoms with Gasteiger partial charge >= 0.3 is 6.61 Å². The quantitative estimate of drug-likeness (QED) is 0.809. The van der Waals surface area contributed by atoms with E-state index in [1.54, 1.807) is 11.9 Å². The number of hydrogen-bond acceptors (Lipinski definition) is 3. The van der Waals surface area contributed by atoms with Crippen LogP contribution in [-0.2, 0) is 6.54 Å². The van der Waals surface area contributed by atoms with Crippen molar-refractivity contribution in [3.05, 3.63) is 59.7 Å². The van der Waals surface area contributed by atoms with Gasteiger partial charge in [0.25, 0.3) is 5.91 Å². The minimum Gasteiger partial charge on any atom is -0.435 e. The molecule has 0 heterocycles. The first-order valence-electron chi connectivity index (χ1n) is 7.43. The van der Waals surface area contributed by atoms with Crippen molar-refractivity contribution in [2.24, 2.45) is 0 Å². The lowest BCUT2D eigenvalue weighted by molar-refractivity contribution is -0.0498. The zero-order valence-corrected chi connectivity index (χ0v) is 13.9. The number of carbonyl (C=O) groups is 1. The van der Waals surface area contributed by atoms with Gasteiger partial charge in [-0.05, 0) is 42.0 Å². The normalized spacial score (nSPS) is 10.6. The lowest BCUT2D eigenvalue weighted by Gasteiger charge is -2.18. The number of amides is 1. The van der Waals surface area contributed by atoms with Crippen LogP contribution in [0.3, 0.4) is 0 Å². The van der Waals surface area contributed by atoms with E-state index in [-0.39, 0.29) is 11.7 Å². The molecule has 0 saturated heterocycles. The Morgan fingerprint density at radius 2 is 1.58 bits per heavy atom. The monoisotopic (exact) mass is 334 g/mol. The van der Waals surface area contributed by atoms with Gasteiger partial charge in [-0.3, -0.25) is 4.79 Å². The maximum absolute atomic E-state index is 12.4. The molecule has 0 aliphatic heterocycles. The predicted octanol–water partition coefficient (Wildman–Crippen LogP) is 3.63. The van der Waals surface area contributed by atoms with Crippen molar-refractivity contribution in [1.29, 1.82) is 0 Å². The molecule has 0 atom stereocenters. The van der Waals surface area contributed by atoms with Crippen LogP contribution in [0.1, 0.15) is 15.9 Å². The Hall–Kier alpha value is -2.63.